The Hall–Kier alpha value is -3.45. The predicted octanol–water partition coefficient (Wildman–Crippen LogP) is 1.63. The molecule has 178 valence electrons. The highest BCUT2D eigenvalue weighted by molar-refractivity contribution is 7.90. The number of aliphatic imine (C=N–C) groups is 1. The molecule has 0 aromatic heterocycles. The number of fused-ring (bicyclic) bond motifs is 2. The highest BCUT2D eigenvalue weighted by atomic mass is 32.2. The number of carbonyl (C=O) groups excluding carboxylic acids is 1. The van der Waals surface area contributed by atoms with Gasteiger partial charge in [-0.15, -0.1) is 5.48 Å². The van der Waals surface area contributed by atoms with Crippen LogP contribution < -0.4 is 25.8 Å². The fraction of sp³-hybridized carbons (Fsp3) is 0.273. The third kappa shape index (κ3) is 3.70. The smallest absolute Gasteiger partial charge is 0.264 e. The Morgan fingerprint density at radius 3 is 2.88 bits per heavy atom. The number of anilines is 1. The van der Waals surface area contributed by atoms with Crippen molar-refractivity contribution in [3.63, 3.8) is 0 Å². The zero-order valence-corrected chi connectivity index (χ0v) is 19.4. The molecular weight excluding hydrogens is 460 g/mol. The van der Waals surface area contributed by atoms with Gasteiger partial charge in [0.25, 0.3) is 10.0 Å². The van der Waals surface area contributed by atoms with Gasteiger partial charge in [-0.1, -0.05) is 19.1 Å². The number of amides is 1. The number of nitrogens with zero attached hydrogens (tertiary/aromatic N) is 2. The van der Waals surface area contributed by atoms with Gasteiger partial charge in [-0.3, -0.25) is 4.79 Å². The number of guanidine groups is 1. The van der Waals surface area contributed by atoms with E-state index >= 15 is 0 Å². The van der Waals surface area contributed by atoms with E-state index in [1.807, 2.05) is 23.8 Å². The summed E-state index contributed by atoms with van der Waals surface area (Å²) < 4.78 is 27.1. The SMILES string of the molecule is CCC(=O)NS(=O)(=O)c1cccc(NC2=NC=C(C)C3(c4ccc5c(c4)CCNO5)NON23)c1. The maximum atomic E-state index is 12.5. The molecule has 11 nitrogen and oxygen atoms in total. The van der Waals surface area contributed by atoms with Crippen molar-refractivity contribution in [3.05, 3.63) is 65.4 Å². The van der Waals surface area contributed by atoms with Gasteiger partial charge in [-0.05, 0) is 54.8 Å². The highest BCUT2D eigenvalue weighted by Gasteiger charge is 2.54. The summed E-state index contributed by atoms with van der Waals surface area (Å²) in [5, 5.41) is 4.73. The summed E-state index contributed by atoms with van der Waals surface area (Å²) in [7, 11) is -3.98. The highest BCUT2D eigenvalue weighted by Crippen LogP contribution is 2.43. The normalized spacial score (nSPS) is 21.2. The minimum atomic E-state index is -3.98. The lowest BCUT2D eigenvalue weighted by atomic mass is 9.89. The molecule has 3 aliphatic rings. The first kappa shape index (κ1) is 22.3. The zero-order chi connectivity index (χ0) is 23.9. The lowest BCUT2D eigenvalue weighted by molar-refractivity contribution is -0.361. The summed E-state index contributed by atoms with van der Waals surface area (Å²) in [5.74, 6) is 0.578. The van der Waals surface area contributed by atoms with E-state index in [1.54, 1.807) is 30.3 Å². The Kier molecular flexibility index (Phi) is 5.52. The molecule has 0 radical (unpaired) electrons. The lowest BCUT2D eigenvalue weighted by Crippen LogP contribution is -2.72. The molecule has 1 unspecified atom stereocenters. The molecule has 0 spiro atoms. The van der Waals surface area contributed by atoms with Gasteiger partial charge in [0, 0.05) is 30.4 Å². The van der Waals surface area contributed by atoms with Crippen molar-refractivity contribution in [1.29, 1.82) is 0 Å². The van der Waals surface area contributed by atoms with E-state index in [1.165, 1.54) is 12.1 Å². The van der Waals surface area contributed by atoms with Crippen molar-refractivity contribution in [2.45, 2.75) is 37.2 Å². The molecular formula is C22H24N6O5S. The number of carbonyl (C=O) groups is 1. The van der Waals surface area contributed by atoms with E-state index in [4.69, 9.17) is 9.78 Å². The van der Waals surface area contributed by atoms with Crippen LogP contribution in [0.1, 0.15) is 31.4 Å². The standard InChI is InChI=1S/C22H24N6O5S/c1-3-20(29)26-34(30,31)18-6-4-5-17(12-18)25-21-23-13-14(2)22(27-33-28(21)22)16-7-8-19-15(11-16)9-10-24-32-19/h4-8,11-13,24,27H,3,9-10H2,1-2H3,(H,23,25)(H,26,29). The monoisotopic (exact) mass is 484 g/mol. The van der Waals surface area contributed by atoms with Crippen LogP contribution in [-0.2, 0) is 31.8 Å². The number of benzene rings is 2. The van der Waals surface area contributed by atoms with E-state index in [0.29, 0.717) is 11.6 Å². The number of nitrogens with one attached hydrogen (secondary N) is 4. The second-order valence-corrected chi connectivity index (χ2v) is 9.75. The molecule has 34 heavy (non-hydrogen) atoms. The first-order valence-corrected chi connectivity index (χ1v) is 12.3. The summed E-state index contributed by atoms with van der Waals surface area (Å²) >= 11 is 0. The van der Waals surface area contributed by atoms with Crippen molar-refractivity contribution in [1.82, 2.24) is 20.7 Å². The molecule has 12 heteroatoms. The summed E-state index contributed by atoms with van der Waals surface area (Å²) in [5.41, 5.74) is 8.57. The van der Waals surface area contributed by atoms with Gasteiger partial charge >= 0.3 is 0 Å². The molecule has 3 heterocycles. The second-order valence-electron chi connectivity index (χ2n) is 8.07. The molecule has 0 saturated carbocycles. The molecule has 1 amide bonds. The molecule has 2 aromatic rings. The first-order chi connectivity index (χ1) is 16.3. The van der Waals surface area contributed by atoms with Gasteiger partial charge < -0.3 is 10.2 Å². The van der Waals surface area contributed by atoms with Gasteiger partial charge in [0.15, 0.2) is 5.66 Å². The van der Waals surface area contributed by atoms with E-state index in [9.17, 15) is 13.2 Å². The fourth-order valence-electron chi connectivity index (χ4n) is 3.98. The molecule has 3 aliphatic heterocycles. The number of hydroxylamine groups is 4. The van der Waals surface area contributed by atoms with Crippen molar-refractivity contribution < 1.29 is 23.0 Å². The molecule has 1 atom stereocenters. The summed E-state index contributed by atoms with van der Waals surface area (Å²) in [6.07, 6.45) is 2.62. The Balaban J connectivity index is 1.42. The molecule has 4 N–H and O–H groups in total. The molecule has 0 bridgehead atoms. The van der Waals surface area contributed by atoms with E-state index in [-0.39, 0.29) is 11.3 Å². The summed E-state index contributed by atoms with van der Waals surface area (Å²) in [4.78, 5) is 27.1. The van der Waals surface area contributed by atoms with E-state index < -0.39 is 21.6 Å². The number of hydrogen-bond donors (Lipinski definition) is 4. The van der Waals surface area contributed by atoms with Crippen molar-refractivity contribution in [3.8, 4) is 5.75 Å². The Morgan fingerprint density at radius 2 is 2.12 bits per heavy atom. The maximum absolute atomic E-state index is 12.5. The maximum Gasteiger partial charge on any atom is 0.264 e. The van der Waals surface area contributed by atoms with Crippen LogP contribution in [0.5, 0.6) is 5.75 Å². The largest absolute Gasteiger partial charge is 0.408 e. The minimum Gasteiger partial charge on any atom is -0.408 e. The van der Waals surface area contributed by atoms with Gasteiger partial charge in [-0.25, -0.2) is 18.1 Å². The van der Waals surface area contributed by atoms with Gasteiger partial charge in [0.1, 0.15) is 5.75 Å². The molecule has 1 saturated heterocycles. The molecule has 0 aliphatic carbocycles. The van der Waals surface area contributed by atoms with Gasteiger partial charge in [-0.2, -0.15) is 15.5 Å². The van der Waals surface area contributed by atoms with E-state index in [0.717, 1.165) is 35.4 Å². The van der Waals surface area contributed by atoms with Crippen LogP contribution in [0, 0.1) is 0 Å². The average molecular weight is 485 g/mol. The first-order valence-electron chi connectivity index (χ1n) is 10.8. The number of sulfonamides is 1. The molecule has 5 rings (SSSR count). The lowest BCUT2D eigenvalue weighted by Gasteiger charge is -2.53. The minimum absolute atomic E-state index is 0.0420. The third-order valence-electron chi connectivity index (χ3n) is 5.86. The van der Waals surface area contributed by atoms with Crippen LogP contribution in [-0.4, -0.2) is 31.9 Å². The van der Waals surface area contributed by atoms with Crippen LogP contribution >= 0.6 is 0 Å². The number of hydrogen-bond acceptors (Lipinski definition) is 10. The predicted molar refractivity (Wildman–Crippen MR) is 123 cm³/mol. The van der Waals surface area contributed by atoms with Crippen LogP contribution in [0.4, 0.5) is 5.69 Å². The van der Waals surface area contributed by atoms with Gasteiger partial charge in [0.2, 0.25) is 11.9 Å². The van der Waals surface area contributed by atoms with Crippen LogP contribution in [0.25, 0.3) is 0 Å². The van der Waals surface area contributed by atoms with Gasteiger partial charge in [0.05, 0.1) is 4.90 Å². The Bertz CT molecular complexity index is 1320. The second kappa shape index (κ2) is 8.40. The topological polar surface area (TPSA) is 133 Å². The fourth-order valence-corrected chi connectivity index (χ4v) is 5.08. The average Bonchev–Trinajstić information content (AvgIpc) is 2.81. The Morgan fingerprint density at radius 1 is 1.26 bits per heavy atom. The zero-order valence-electron chi connectivity index (χ0n) is 18.6. The summed E-state index contributed by atoms with van der Waals surface area (Å²) in [6, 6.07) is 12.1. The van der Waals surface area contributed by atoms with E-state index in [2.05, 4.69) is 27.3 Å². The summed E-state index contributed by atoms with van der Waals surface area (Å²) in [6.45, 7) is 4.25. The number of rotatable bonds is 5. The van der Waals surface area contributed by atoms with Crippen LogP contribution in [0.15, 0.2) is 64.1 Å². The van der Waals surface area contributed by atoms with Crippen LogP contribution in [0.2, 0.25) is 0 Å². The molecule has 1 fully saturated rings. The van der Waals surface area contributed by atoms with Crippen molar-refractivity contribution >= 4 is 27.6 Å². The Labute approximate surface area is 196 Å². The van der Waals surface area contributed by atoms with Crippen molar-refractivity contribution in [2.24, 2.45) is 4.99 Å². The molecule has 2 aromatic carbocycles. The van der Waals surface area contributed by atoms with Crippen molar-refractivity contribution in [2.75, 3.05) is 11.9 Å². The van der Waals surface area contributed by atoms with Crippen LogP contribution in [0.3, 0.4) is 0 Å². The quantitative estimate of drug-likeness (QED) is 0.500. The third-order valence-corrected chi connectivity index (χ3v) is 7.23.